The van der Waals surface area contributed by atoms with E-state index in [2.05, 4.69) is 30.2 Å². The summed E-state index contributed by atoms with van der Waals surface area (Å²) in [5.74, 6) is -5.84. The number of hydrogen-bond donors (Lipinski definition) is 2. The number of hydrogen-bond acceptors (Lipinski definition) is 8. The first-order chi connectivity index (χ1) is 18.1. The van der Waals surface area contributed by atoms with Crippen LogP contribution in [0, 0.1) is 5.92 Å². The highest BCUT2D eigenvalue weighted by atomic mass is 19.4. The first kappa shape index (κ1) is 29.6. The van der Waals surface area contributed by atoms with Crippen molar-refractivity contribution in [2.75, 3.05) is 25.0 Å². The van der Waals surface area contributed by atoms with E-state index in [9.17, 15) is 39.9 Å². The van der Waals surface area contributed by atoms with Crippen molar-refractivity contribution < 1.29 is 39.9 Å². The molecule has 0 bridgehead atoms. The van der Waals surface area contributed by atoms with Gasteiger partial charge in [-0.15, -0.1) is 0 Å². The van der Waals surface area contributed by atoms with Crippen LogP contribution in [-0.4, -0.2) is 74.7 Å². The first-order valence-corrected chi connectivity index (χ1v) is 11.2. The number of anilines is 1. The van der Waals surface area contributed by atoms with E-state index in [0.29, 0.717) is 18.6 Å². The lowest BCUT2D eigenvalue weighted by atomic mass is 9.88. The number of nitrogens with one attached hydrogen (secondary N) is 1. The van der Waals surface area contributed by atoms with Crippen LogP contribution >= 0.6 is 0 Å². The van der Waals surface area contributed by atoms with Gasteiger partial charge in [0.2, 0.25) is 5.95 Å². The molecule has 1 amide bonds. The Morgan fingerprint density at radius 3 is 2.33 bits per heavy atom. The maximum absolute atomic E-state index is 14.5. The molecule has 17 heteroatoms. The van der Waals surface area contributed by atoms with E-state index >= 15 is 0 Å². The fraction of sp³-hybridized carbons (Fsp3) is 0.455. The van der Waals surface area contributed by atoms with Gasteiger partial charge >= 0.3 is 12.4 Å². The summed E-state index contributed by atoms with van der Waals surface area (Å²) in [4.78, 5) is 32.2. The lowest BCUT2D eigenvalue weighted by molar-refractivity contribution is -0.148. The van der Waals surface area contributed by atoms with E-state index in [4.69, 9.17) is 5.73 Å². The molecule has 0 saturated carbocycles. The van der Waals surface area contributed by atoms with Gasteiger partial charge in [0.1, 0.15) is 12.2 Å². The number of nitrogens with two attached hydrogens (primary N) is 1. The molecular weight excluding hydrogens is 544 g/mol. The van der Waals surface area contributed by atoms with Gasteiger partial charge < -0.3 is 16.0 Å². The minimum Gasteiger partial charge on any atom is -0.394 e. The molecule has 0 spiro atoms. The summed E-state index contributed by atoms with van der Waals surface area (Å²) in [5.41, 5.74) is 3.73. The minimum atomic E-state index is -4.67. The molecule has 3 rings (SSSR count). The Morgan fingerprint density at radius 2 is 1.77 bits per heavy atom. The first-order valence-electron chi connectivity index (χ1n) is 11.2. The molecule has 1 unspecified atom stereocenters. The Bertz CT molecular complexity index is 1200. The number of alkyl halides is 8. The highest BCUT2D eigenvalue weighted by Gasteiger charge is 2.46. The number of likely N-dealkylation sites (tertiary alicyclic amines) is 1. The van der Waals surface area contributed by atoms with Crippen LogP contribution in [0.15, 0.2) is 41.5 Å². The number of allylic oxidation sites excluding steroid dienone is 1. The zero-order valence-electron chi connectivity index (χ0n) is 20.1. The number of halogens is 8. The fourth-order valence-electron chi connectivity index (χ4n) is 3.84. The van der Waals surface area contributed by atoms with Gasteiger partial charge in [-0.25, -0.2) is 28.7 Å². The van der Waals surface area contributed by atoms with E-state index in [1.165, 1.54) is 25.4 Å². The summed E-state index contributed by atoms with van der Waals surface area (Å²) in [6.07, 6.45) is -5.80. The quantitative estimate of drug-likeness (QED) is 0.299. The highest BCUT2D eigenvalue weighted by molar-refractivity contribution is 6.17. The number of rotatable bonds is 7. The summed E-state index contributed by atoms with van der Waals surface area (Å²) < 4.78 is 105. The van der Waals surface area contributed by atoms with Crippen LogP contribution in [0.25, 0.3) is 5.57 Å². The van der Waals surface area contributed by atoms with Crippen LogP contribution in [0.2, 0.25) is 0 Å². The Hall–Kier alpha value is -3.92. The van der Waals surface area contributed by atoms with Crippen LogP contribution in [0.5, 0.6) is 0 Å². The molecule has 9 nitrogen and oxygen atoms in total. The lowest BCUT2D eigenvalue weighted by Gasteiger charge is -2.43. The maximum atomic E-state index is 14.5. The van der Waals surface area contributed by atoms with Gasteiger partial charge in [0, 0.05) is 44.0 Å². The van der Waals surface area contributed by atoms with Crippen LogP contribution in [0.3, 0.4) is 0 Å². The topological polar surface area (TPSA) is 122 Å². The molecule has 0 aromatic carbocycles. The molecule has 3 heterocycles. The maximum Gasteiger partial charge on any atom is 0.419 e. The lowest BCUT2D eigenvalue weighted by Crippen LogP contribution is -2.58. The van der Waals surface area contributed by atoms with Gasteiger partial charge in [-0.3, -0.25) is 9.79 Å². The van der Waals surface area contributed by atoms with Gasteiger partial charge in [0.05, 0.1) is 23.7 Å². The largest absolute Gasteiger partial charge is 0.419 e. The molecule has 2 aromatic rings. The molecule has 39 heavy (non-hydrogen) atoms. The van der Waals surface area contributed by atoms with Crippen molar-refractivity contribution in [3.63, 3.8) is 0 Å². The normalized spacial score (nSPS) is 20.6. The average Bonchev–Trinajstić information content (AvgIpc) is 2.84. The smallest absolute Gasteiger partial charge is 0.394 e. The third-order valence-electron chi connectivity index (χ3n) is 5.61. The summed E-state index contributed by atoms with van der Waals surface area (Å²) in [7, 11) is 0. The summed E-state index contributed by atoms with van der Waals surface area (Å²) in [6.45, 7) is -1.51. The molecule has 1 saturated heterocycles. The Balaban J connectivity index is 1.92. The molecule has 2 aromatic heterocycles. The number of aliphatic imine (C=N–C) groups is 1. The second-order valence-electron chi connectivity index (χ2n) is 8.70. The number of carbonyl (C=O) groups is 1. The molecule has 2 atom stereocenters. The third-order valence-corrected chi connectivity index (χ3v) is 5.61. The van der Waals surface area contributed by atoms with E-state index in [1.807, 2.05) is 0 Å². The second kappa shape index (κ2) is 11.4. The highest BCUT2D eigenvalue weighted by Crippen LogP contribution is 2.35. The molecule has 212 valence electrons. The predicted octanol–water partition coefficient (Wildman–Crippen LogP) is 3.57. The monoisotopic (exact) mass is 566 g/mol. The van der Waals surface area contributed by atoms with Crippen LogP contribution in [0.4, 0.5) is 41.1 Å². The van der Waals surface area contributed by atoms with Gasteiger partial charge in [-0.2, -0.15) is 26.3 Å². The summed E-state index contributed by atoms with van der Waals surface area (Å²) in [5, 5.41) is 2.63. The van der Waals surface area contributed by atoms with Crippen molar-refractivity contribution in [1.29, 1.82) is 0 Å². The van der Waals surface area contributed by atoms with E-state index in [-0.39, 0.29) is 18.3 Å². The summed E-state index contributed by atoms with van der Waals surface area (Å²) >= 11 is 0. The van der Waals surface area contributed by atoms with Gasteiger partial charge in [-0.1, -0.05) is 6.92 Å². The van der Waals surface area contributed by atoms with Crippen LogP contribution in [-0.2, 0) is 11.0 Å². The molecule has 1 aliphatic rings. The molecule has 1 aliphatic heterocycles. The summed E-state index contributed by atoms with van der Waals surface area (Å²) in [6, 6.07) is 0.413. The molecular formula is C22H22F8N8O. The van der Waals surface area contributed by atoms with Crippen molar-refractivity contribution in [3.05, 3.63) is 47.9 Å². The van der Waals surface area contributed by atoms with Gasteiger partial charge in [-0.05, 0) is 12.0 Å². The Morgan fingerprint density at radius 1 is 1.15 bits per heavy atom. The van der Waals surface area contributed by atoms with Crippen LogP contribution < -0.4 is 11.1 Å². The van der Waals surface area contributed by atoms with Crippen molar-refractivity contribution >= 4 is 23.6 Å². The fourth-order valence-corrected chi connectivity index (χ4v) is 3.84. The average molecular weight is 566 g/mol. The number of aromatic nitrogens is 4. The van der Waals surface area contributed by atoms with Crippen molar-refractivity contribution in [3.8, 4) is 0 Å². The molecule has 0 aliphatic carbocycles. The molecule has 3 N–H and O–H groups in total. The number of nitrogens with zero attached hydrogens (tertiary/aromatic N) is 6. The third kappa shape index (κ3) is 8.03. The van der Waals surface area contributed by atoms with Crippen molar-refractivity contribution in [2.45, 2.75) is 37.7 Å². The van der Waals surface area contributed by atoms with E-state index in [1.54, 1.807) is 0 Å². The Labute approximate surface area is 216 Å². The number of carbonyl (C=O) groups excluding carboxylic acids is 1. The number of piperidine rings is 1. The minimum absolute atomic E-state index is 0.249. The second-order valence-corrected chi connectivity index (χ2v) is 8.70. The zero-order valence-corrected chi connectivity index (χ0v) is 20.1. The Kier molecular flexibility index (Phi) is 8.70. The number of amides is 1. The van der Waals surface area contributed by atoms with E-state index in [0.717, 1.165) is 4.90 Å². The zero-order chi connectivity index (χ0) is 29.0. The van der Waals surface area contributed by atoms with E-state index < -0.39 is 72.5 Å². The SMILES string of the molecule is C[C@@H]1CC(F)(F)CN(C(=O)C(N)=C(C=NCC(F)(F)F)c2ncccn2)C1CNc1ncc(C(F)(F)F)cn1. The van der Waals surface area contributed by atoms with Crippen molar-refractivity contribution in [1.82, 2.24) is 24.8 Å². The van der Waals surface area contributed by atoms with Gasteiger partial charge in [0.25, 0.3) is 11.8 Å². The standard InChI is InChI=1S/C22H22F8N8O/c1-12-5-20(23,24)11-38(15(12)9-37-19-35-6-13(7-36-19)22(28,29)30)18(39)16(31)14(8-32-10-21(25,26)27)17-33-3-2-4-34-17/h2-4,6-8,12,15H,5,9-11,31H2,1H3,(H,35,36,37)/t12-,15?/m1/s1. The van der Waals surface area contributed by atoms with Crippen molar-refractivity contribution in [2.24, 2.45) is 16.6 Å². The van der Waals surface area contributed by atoms with Crippen LogP contribution in [0.1, 0.15) is 24.7 Å². The predicted molar refractivity (Wildman–Crippen MR) is 122 cm³/mol. The molecule has 0 radical (unpaired) electrons. The van der Waals surface area contributed by atoms with Gasteiger partial charge in [0.15, 0.2) is 5.82 Å². The molecule has 1 fully saturated rings.